The van der Waals surface area contributed by atoms with E-state index >= 15 is 0 Å². The Morgan fingerprint density at radius 1 is 1.25 bits per heavy atom. The zero-order chi connectivity index (χ0) is 17.9. The minimum Gasteiger partial charge on any atom is -0.505 e. The summed E-state index contributed by atoms with van der Waals surface area (Å²) in [6.07, 6.45) is 4.71. The number of methoxy groups -OCH3 is 1. The summed E-state index contributed by atoms with van der Waals surface area (Å²) >= 11 is 0. The average molecular weight is 337 g/mol. The number of aromatic hydroxyl groups is 1. The molecule has 0 spiro atoms. The van der Waals surface area contributed by atoms with Gasteiger partial charge in [-0.3, -0.25) is 4.79 Å². The second kappa shape index (κ2) is 7.64. The Labute approximate surface area is 141 Å². The maximum Gasteiger partial charge on any atom is 0.340 e. The van der Waals surface area contributed by atoms with Gasteiger partial charge in [0.05, 0.1) is 18.4 Å². The van der Waals surface area contributed by atoms with Crippen LogP contribution in [0.25, 0.3) is 0 Å². The van der Waals surface area contributed by atoms with Gasteiger partial charge in [-0.05, 0) is 32.8 Å². The smallest absolute Gasteiger partial charge is 0.340 e. The standard InChI is InChI=1S/C18H24FNO4/c1-11(2)20(17(22)12-7-5-4-6-8-12)15-10-14(19)16(21)9-13(15)18(23)24-3/h9-12,21H,4-8H2,1-3H3. The van der Waals surface area contributed by atoms with E-state index in [4.69, 9.17) is 4.74 Å². The molecule has 6 heteroatoms. The summed E-state index contributed by atoms with van der Waals surface area (Å²) in [6.45, 7) is 3.62. The Bertz CT molecular complexity index is 624. The van der Waals surface area contributed by atoms with Crippen molar-refractivity contribution in [1.29, 1.82) is 0 Å². The number of anilines is 1. The molecule has 0 aliphatic heterocycles. The molecule has 0 aromatic heterocycles. The van der Waals surface area contributed by atoms with Crippen molar-refractivity contribution in [2.75, 3.05) is 12.0 Å². The first kappa shape index (κ1) is 18.2. The number of hydrogen-bond donors (Lipinski definition) is 1. The molecule has 0 heterocycles. The van der Waals surface area contributed by atoms with Crippen LogP contribution < -0.4 is 4.90 Å². The fraction of sp³-hybridized carbons (Fsp3) is 0.556. The number of esters is 1. The van der Waals surface area contributed by atoms with Gasteiger partial charge in [0.2, 0.25) is 5.91 Å². The molecule has 0 atom stereocenters. The first-order chi connectivity index (χ1) is 11.4. The van der Waals surface area contributed by atoms with Crippen LogP contribution in [0.15, 0.2) is 12.1 Å². The highest BCUT2D eigenvalue weighted by Gasteiger charge is 2.32. The van der Waals surface area contributed by atoms with Crippen LogP contribution in [0, 0.1) is 11.7 Å². The Balaban J connectivity index is 2.48. The van der Waals surface area contributed by atoms with Crippen molar-refractivity contribution in [2.45, 2.75) is 52.0 Å². The number of phenolic OH excluding ortho intramolecular Hbond substituents is 1. The van der Waals surface area contributed by atoms with E-state index in [0.29, 0.717) is 0 Å². The van der Waals surface area contributed by atoms with Crippen molar-refractivity contribution >= 4 is 17.6 Å². The molecule has 132 valence electrons. The molecule has 2 rings (SSSR count). The Morgan fingerprint density at radius 3 is 2.42 bits per heavy atom. The molecule has 5 nitrogen and oxygen atoms in total. The number of phenols is 1. The van der Waals surface area contributed by atoms with Crippen LogP contribution in [-0.4, -0.2) is 30.1 Å². The lowest BCUT2D eigenvalue weighted by Gasteiger charge is -2.33. The lowest BCUT2D eigenvalue weighted by atomic mass is 9.87. The van der Waals surface area contributed by atoms with Gasteiger partial charge in [-0.2, -0.15) is 0 Å². The Kier molecular flexibility index (Phi) is 5.80. The van der Waals surface area contributed by atoms with E-state index in [2.05, 4.69) is 0 Å². The summed E-state index contributed by atoms with van der Waals surface area (Å²) in [7, 11) is 1.20. The van der Waals surface area contributed by atoms with Gasteiger partial charge in [-0.15, -0.1) is 0 Å². The summed E-state index contributed by atoms with van der Waals surface area (Å²) in [5.74, 6) is -2.47. The van der Waals surface area contributed by atoms with Gasteiger partial charge in [0.1, 0.15) is 0 Å². The van der Waals surface area contributed by atoms with E-state index in [1.807, 2.05) is 13.8 Å². The molecule has 1 aromatic rings. The summed E-state index contributed by atoms with van der Waals surface area (Å²) in [5.41, 5.74) is 0.122. The zero-order valence-corrected chi connectivity index (χ0v) is 14.3. The molecule has 0 saturated heterocycles. The quantitative estimate of drug-likeness (QED) is 0.852. The highest BCUT2D eigenvalue weighted by molar-refractivity contribution is 6.04. The van der Waals surface area contributed by atoms with Crippen LogP contribution in [-0.2, 0) is 9.53 Å². The number of rotatable bonds is 4. The van der Waals surface area contributed by atoms with Crippen molar-refractivity contribution < 1.29 is 23.8 Å². The van der Waals surface area contributed by atoms with Crippen LogP contribution in [0.2, 0.25) is 0 Å². The molecular weight excluding hydrogens is 313 g/mol. The molecule has 0 unspecified atom stereocenters. The van der Waals surface area contributed by atoms with Crippen molar-refractivity contribution in [2.24, 2.45) is 5.92 Å². The summed E-state index contributed by atoms with van der Waals surface area (Å²) in [5, 5.41) is 9.59. The first-order valence-corrected chi connectivity index (χ1v) is 8.30. The van der Waals surface area contributed by atoms with Gasteiger partial charge in [0.25, 0.3) is 0 Å². The number of benzene rings is 1. The van der Waals surface area contributed by atoms with E-state index in [1.165, 1.54) is 12.0 Å². The molecule has 0 radical (unpaired) electrons. The van der Waals surface area contributed by atoms with Gasteiger partial charge in [-0.1, -0.05) is 19.3 Å². The van der Waals surface area contributed by atoms with Crippen molar-refractivity contribution in [1.82, 2.24) is 0 Å². The number of nitrogens with zero attached hydrogens (tertiary/aromatic N) is 1. The second-order valence-electron chi connectivity index (χ2n) is 6.45. The summed E-state index contributed by atoms with van der Waals surface area (Å²) in [6, 6.07) is 1.79. The fourth-order valence-electron chi connectivity index (χ4n) is 3.22. The Morgan fingerprint density at radius 2 is 1.88 bits per heavy atom. The van der Waals surface area contributed by atoms with Crippen molar-refractivity contribution in [3.05, 3.63) is 23.5 Å². The number of carbonyl (C=O) groups is 2. The third-order valence-corrected chi connectivity index (χ3v) is 4.44. The number of ether oxygens (including phenoxy) is 1. The zero-order valence-electron chi connectivity index (χ0n) is 14.3. The van der Waals surface area contributed by atoms with Gasteiger partial charge in [0, 0.05) is 18.0 Å². The predicted octanol–water partition coefficient (Wildman–Crippen LogP) is 3.64. The SMILES string of the molecule is COC(=O)c1cc(O)c(F)cc1N(C(=O)C1CCCCC1)C(C)C. The second-order valence-corrected chi connectivity index (χ2v) is 6.45. The minimum absolute atomic E-state index is 0.0192. The molecule has 1 N–H and O–H groups in total. The first-order valence-electron chi connectivity index (χ1n) is 8.30. The van der Waals surface area contributed by atoms with Crippen LogP contribution in [0.3, 0.4) is 0 Å². The van der Waals surface area contributed by atoms with Crippen molar-refractivity contribution in [3.63, 3.8) is 0 Å². The molecule has 1 saturated carbocycles. The van der Waals surface area contributed by atoms with Crippen LogP contribution >= 0.6 is 0 Å². The molecule has 1 aliphatic rings. The molecule has 1 aliphatic carbocycles. The highest BCUT2D eigenvalue weighted by atomic mass is 19.1. The summed E-state index contributed by atoms with van der Waals surface area (Å²) < 4.78 is 18.6. The normalized spacial score (nSPS) is 15.4. The van der Waals surface area contributed by atoms with Gasteiger partial charge < -0.3 is 14.7 Å². The molecular formula is C18H24FNO4. The number of hydrogen-bond acceptors (Lipinski definition) is 4. The summed E-state index contributed by atoms with van der Waals surface area (Å²) in [4.78, 5) is 26.5. The third kappa shape index (κ3) is 3.68. The monoisotopic (exact) mass is 337 g/mol. The Hall–Kier alpha value is -2.11. The van der Waals surface area contributed by atoms with Crippen LogP contribution in [0.5, 0.6) is 5.75 Å². The lowest BCUT2D eigenvalue weighted by molar-refractivity contribution is -0.123. The maximum absolute atomic E-state index is 13.9. The number of carbonyl (C=O) groups excluding carboxylic acids is 2. The molecule has 0 bridgehead atoms. The topological polar surface area (TPSA) is 66.8 Å². The van der Waals surface area contributed by atoms with Gasteiger partial charge in [-0.25, -0.2) is 9.18 Å². The maximum atomic E-state index is 13.9. The van der Waals surface area contributed by atoms with Crippen LogP contribution in [0.4, 0.5) is 10.1 Å². The van der Waals surface area contributed by atoms with Gasteiger partial charge in [0.15, 0.2) is 11.6 Å². The van der Waals surface area contributed by atoms with Crippen LogP contribution in [0.1, 0.15) is 56.3 Å². The molecule has 1 aromatic carbocycles. The highest BCUT2D eigenvalue weighted by Crippen LogP contribution is 2.33. The lowest BCUT2D eigenvalue weighted by Crippen LogP contribution is -2.42. The number of amides is 1. The van der Waals surface area contributed by atoms with Crippen molar-refractivity contribution in [3.8, 4) is 5.75 Å². The molecule has 1 amide bonds. The molecule has 24 heavy (non-hydrogen) atoms. The number of halogens is 1. The largest absolute Gasteiger partial charge is 0.505 e. The van der Waals surface area contributed by atoms with E-state index in [9.17, 15) is 19.1 Å². The predicted molar refractivity (Wildman–Crippen MR) is 88.6 cm³/mol. The van der Waals surface area contributed by atoms with E-state index < -0.39 is 17.5 Å². The molecule has 1 fully saturated rings. The van der Waals surface area contributed by atoms with Gasteiger partial charge >= 0.3 is 5.97 Å². The average Bonchev–Trinajstić information content (AvgIpc) is 2.57. The van der Waals surface area contributed by atoms with E-state index in [-0.39, 0.29) is 29.1 Å². The third-order valence-electron chi connectivity index (χ3n) is 4.44. The minimum atomic E-state index is -0.875. The van der Waals surface area contributed by atoms with E-state index in [1.54, 1.807) is 0 Å². The fourth-order valence-corrected chi connectivity index (χ4v) is 3.22. The van der Waals surface area contributed by atoms with E-state index in [0.717, 1.165) is 44.2 Å².